The summed E-state index contributed by atoms with van der Waals surface area (Å²) in [6.45, 7) is 0. The van der Waals surface area contributed by atoms with Crippen LogP contribution in [0.3, 0.4) is 0 Å². The first-order chi connectivity index (χ1) is 7.75. The molecule has 0 saturated carbocycles. The van der Waals surface area contributed by atoms with Crippen molar-refractivity contribution in [2.45, 2.75) is 0 Å². The molecule has 0 bridgehead atoms. The highest BCUT2D eigenvalue weighted by Crippen LogP contribution is 1.99. The number of aromatic amines is 1. The number of hydrogen-bond donors (Lipinski definition) is 2. The maximum atomic E-state index is 11.6. The van der Waals surface area contributed by atoms with Gasteiger partial charge in [0.25, 0.3) is 11.5 Å². The normalized spacial score (nSPS) is 9.75. The highest BCUT2D eigenvalue weighted by Gasteiger charge is 2.08. The summed E-state index contributed by atoms with van der Waals surface area (Å²) in [5.74, 6) is -0.207. The molecule has 1 amide bonds. The average molecular weight is 217 g/mol. The average Bonchev–Trinajstić information content (AvgIpc) is 2.30. The molecule has 0 atom stereocenters. The molecular formula is C9H7N5O2. The van der Waals surface area contributed by atoms with E-state index in [1.165, 1.54) is 18.6 Å². The van der Waals surface area contributed by atoms with Gasteiger partial charge in [-0.3, -0.25) is 14.6 Å². The molecule has 0 fully saturated rings. The standard InChI is InChI=1S/C9H7N5O2/c15-8-3-6(12-5-13-8)9(16)14-7-4-10-1-2-11-7/h1-5H,(H,11,14,16)(H,12,13,15). The fourth-order valence-corrected chi connectivity index (χ4v) is 1.04. The Morgan fingerprint density at radius 1 is 1.31 bits per heavy atom. The van der Waals surface area contributed by atoms with Gasteiger partial charge in [0.15, 0.2) is 5.82 Å². The number of aromatic nitrogens is 4. The van der Waals surface area contributed by atoms with Crippen LogP contribution in [-0.2, 0) is 0 Å². The second kappa shape index (κ2) is 4.30. The Balaban J connectivity index is 2.18. The summed E-state index contributed by atoms with van der Waals surface area (Å²) in [6, 6.07) is 1.10. The fraction of sp³-hybridized carbons (Fsp3) is 0. The van der Waals surface area contributed by atoms with Gasteiger partial charge >= 0.3 is 0 Å². The third-order valence-corrected chi connectivity index (χ3v) is 1.72. The molecule has 80 valence electrons. The molecule has 7 nitrogen and oxygen atoms in total. The van der Waals surface area contributed by atoms with Crippen molar-refractivity contribution in [2.24, 2.45) is 0 Å². The molecule has 0 spiro atoms. The van der Waals surface area contributed by atoms with Gasteiger partial charge in [-0.15, -0.1) is 0 Å². The number of nitrogens with one attached hydrogen (secondary N) is 2. The van der Waals surface area contributed by atoms with Crippen molar-refractivity contribution in [3.8, 4) is 0 Å². The zero-order chi connectivity index (χ0) is 11.4. The van der Waals surface area contributed by atoms with Crippen LogP contribution in [0.25, 0.3) is 0 Å². The predicted molar refractivity (Wildman–Crippen MR) is 54.8 cm³/mol. The van der Waals surface area contributed by atoms with Crippen LogP contribution in [0.1, 0.15) is 10.5 Å². The quantitative estimate of drug-likeness (QED) is 0.726. The molecule has 7 heteroatoms. The van der Waals surface area contributed by atoms with E-state index >= 15 is 0 Å². The summed E-state index contributed by atoms with van der Waals surface area (Å²) < 4.78 is 0. The van der Waals surface area contributed by atoms with E-state index in [9.17, 15) is 9.59 Å². The first kappa shape index (κ1) is 9.97. The maximum Gasteiger partial charge on any atom is 0.275 e. The lowest BCUT2D eigenvalue weighted by Crippen LogP contribution is -2.18. The highest BCUT2D eigenvalue weighted by atomic mass is 16.2. The molecule has 16 heavy (non-hydrogen) atoms. The summed E-state index contributed by atoms with van der Waals surface area (Å²) in [6.07, 6.45) is 5.49. The SMILES string of the molecule is O=C(Nc1cnccn1)c1cc(=O)[nH]cn1. The van der Waals surface area contributed by atoms with E-state index in [1.807, 2.05) is 0 Å². The zero-order valence-electron chi connectivity index (χ0n) is 8.04. The van der Waals surface area contributed by atoms with E-state index in [-0.39, 0.29) is 11.3 Å². The van der Waals surface area contributed by atoms with Crippen molar-refractivity contribution in [1.82, 2.24) is 19.9 Å². The first-order valence-corrected chi connectivity index (χ1v) is 4.38. The van der Waals surface area contributed by atoms with Gasteiger partial charge in [0.2, 0.25) is 0 Å². The van der Waals surface area contributed by atoms with E-state index in [1.54, 1.807) is 0 Å². The minimum Gasteiger partial charge on any atom is -0.313 e. The van der Waals surface area contributed by atoms with Crippen molar-refractivity contribution < 1.29 is 4.79 Å². The largest absolute Gasteiger partial charge is 0.313 e. The molecule has 0 aliphatic carbocycles. The van der Waals surface area contributed by atoms with Gasteiger partial charge in [-0.25, -0.2) is 9.97 Å². The van der Waals surface area contributed by atoms with Crippen LogP contribution in [0, 0.1) is 0 Å². The molecule has 2 rings (SSSR count). The Morgan fingerprint density at radius 2 is 2.19 bits per heavy atom. The van der Waals surface area contributed by atoms with Crippen LogP contribution in [0.4, 0.5) is 5.82 Å². The number of H-pyrrole nitrogens is 1. The Hall–Kier alpha value is -2.57. The Labute approximate surface area is 89.6 Å². The summed E-state index contributed by atoms with van der Waals surface area (Å²) in [7, 11) is 0. The molecule has 2 aromatic rings. The molecule has 0 aliphatic heterocycles. The van der Waals surface area contributed by atoms with Crippen molar-refractivity contribution in [3.05, 3.63) is 47.0 Å². The minimum atomic E-state index is -0.508. The van der Waals surface area contributed by atoms with Crippen LogP contribution in [0.5, 0.6) is 0 Å². The van der Waals surface area contributed by atoms with Crippen molar-refractivity contribution >= 4 is 11.7 Å². The predicted octanol–water partition coefficient (Wildman–Crippen LogP) is -0.188. The Bertz CT molecular complexity index is 551. The summed E-state index contributed by atoms with van der Waals surface area (Å²) in [4.78, 5) is 36.2. The van der Waals surface area contributed by atoms with Gasteiger partial charge in [0.1, 0.15) is 5.69 Å². The molecule has 2 aromatic heterocycles. The third-order valence-electron chi connectivity index (χ3n) is 1.72. The minimum absolute atomic E-state index is 0.0226. The molecule has 0 saturated heterocycles. The van der Waals surface area contributed by atoms with Crippen LogP contribution in [-0.4, -0.2) is 25.8 Å². The first-order valence-electron chi connectivity index (χ1n) is 4.38. The van der Waals surface area contributed by atoms with Crippen LogP contribution in [0.2, 0.25) is 0 Å². The second-order valence-electron chi connectivity index (χ2n) is 2.84. The van der Waals surface area contributed by atoms with Gasteiger partial charge in [-0.1, -0.05) is 0 Å². The summed E-state index contributed by atoms with van der Waals surface area (Å²) in [5.41, 5.74) is -0.367. The van der Waals surface area contributed by atoms with Crippen LogP contribution in [0.15, 0.2) is 35.8 Å². The highest BCUT2D eigenvalue weighted by molar-refractivity contribution is 6.02. The van der Waals surface area contributed by atoms with Gasteiger partial charge in [0.05, 0.1) is 12.5 Å². The van der Waals surface area contributed by atoms with E-state index in [2.05, 4.69) is 25.3 Å². The number of amides is 1. The lowest BCUT2D eigenvalue weighted by atomic mass is 10.4. The van der Waals surface area contributed by atoms with Gasteiger partial charge in [-0.05, 0) is 0 Å². The van der Waals surface area contributed by atoms with Crippen molar-refractivity contribution in [2.75, 3.05) is 5.32 Å². The van der Waals surface area contributed by atoms with E-state index in [4.69, 9.17) is 0 Å². The molecule has 0 aliphatic rings. The fourth-order valence-electron chi connectivity index (χ4n) is 1.04. The number of carbonyl (C=O) groups is 1. The van der Waals surface area contributed by atoms with E-state index < -0.39 is 5.91 Å². The number of hydrogen-bond acceptors (Lipinski definition) is 5. The smallest absolute Gasteiger partial charge is 0.275 e. The lowest BCUT2D eigenvalue weighted by Gasteiger charge is -2.01. The molecule has 0 radical (unpaired) electrons. The third kappa shape index (κ3) is 2.27. The van der Waals surface area contributed by atoms with Crippen molar-refractivity contribution in [1.29, 1.82) is 0 Å². The van der Waals surface area contributed by atoms with Gasteiger partial charge in [-0.2, -0.15) is 0 Å². The second-order valence-corrected chi connectivity index (χ2v) is 2.84. The number of carbonyl (C=O) groups excluding carboxylic acids is 1. The molecule has 2 heterocycles. The van der Waals surface area contributed by atoms with Crippen molar-refractivity contribution in [3.63, 3.8) is 0 Å². The topological polar surface area (TPSA) is 101 Å². The number of rotatable bonds is 2. The number of anilines is 1. The van der Waals surface area contributed by atoms with Gasteiger partial charge in [0, 0.05) is 18.5 Å². The Kier molecular flexibility index (Phi) is 2.68. The number of nitrogens with zero attached hydrogens (tertiary/aromatic N) is 3. The maximum absolute atomic E-state index is 11.6. The molecule has 0 aromatic carbocycles. The van der Waals surface area contributed by atoms with E-state index in [0.29, 0.717) is 5.82 Å². The molecule has 0 unspecified atom stereocenters. The molecular weight excluding hydrogens is 210 g/mol. The van der Waals surface area contributed by atoms with E-state index in [0.717, 1.165) is 12.4 Å². The van der Waals surface area contributed by atoms with Crippen LogP contribution < -0.4 is 10.9 Å². The zero-order valence-corrected chi connectivity index (χ0v) is 8.04. The summed E-state index contributed by atoms with van der Waals surface area (Å²) >= 11 is 0. The van der Waals surface area contributed by atoms with Crippen LogP contribution >= 0.6 is 0 Å². The summed E-state index contributed by atoms with van der Waals surface area (Å²) in [5, 5.41) is 2.46. The Morgan fingerprint density at radius 3 is 2.88 bits per heavy atom. The molecule has 2 N–H and O–H groups in total. The van der Waals surface area contributed by atoms with Gasteiger partial charge < -0.3 is 10.3 Å². The lowest BCUT2D eigenvalue weighted by molar-refractivity contribution is 0.102. The monoisotopic (exact) mass is 217 g/mol.